The summed E-state index contributed by atoms with van der Waals surface area (Å²) in [5, 5.41) is 21.6. The number of aliphatic imine (C=N–C) groups is 1. The molecule has 6 nitrogen and oxygen atoms in total. The van der Waals surface area contributed by atoms with E-state index >= 15 is 0 Å². The number of phenols is 1. The molecule has 1 saturated heterocycles. The number of hydrogen-bond donors (Lipinski definition) is 2. The fourth-order valence-electron chi connectivity index (χ4n) is 3.84. The highest BCUT2D eigenvalue weighted by Gasteiger charge is 2.61. The number of amides is 1. The molecule has 30 heavy (non-hydrogen) atoms. The summed E-state index contributed by atoms with van der Waals surface area (Å²) in [6, 6.07) is 2.87. The Morgan fingerprint density at radius 1 is 1.17 bits per heavy atom. The minimum absolute atomic E-state index is 0.264. The van der Waals surface area contributed by atoms with Crippen molar-refractivity contribution in [1.82, 2.24) is 4.90 Å². The van der Waals surface area contributed by atoms with E-state index in [0.717, 1.165) is 16.7 Å². The van der Waals surface area contributed by atoms with Crippen LogP contribution < -0.4 is 0 Å². The largest absolute Gasteiger partial charge is 0.507 e. The van der Waals surface area contributed by atoms with Gasteiger partial charge >= 0.3 is 5.97 Å². The zero-order valence-corrected chi connectivity index (χ0v) is 19.4. The fraction of sp³-hybridized carbons (Fsp3) is 0.522. The van der Waals surface area contributed by atoms with Crippen LogP contribution in [0.5, 0.6) is 5.75 Å². The van der Waals surface area contributed by atoms with Gasteiger partial charge in [-0.2, -0.15) is 0 Å². The molecule has 0 saturated carbocycles. The van der Waals surface area contributed by atoms with Gasteiger partial charge < -0.3 is 15.1 Å². The van der Waals surface area contributed by atoms with Crippen molar-refractivity contribution in [2.75, 3.05) is 0 Å². The maximum atomic E-state index is 12.8. The highest BCUT2D eigenvalue weighted by atomic mass is 32.2. The molecule has 1 amide bonds. The number of nitrogens with zero attached hydrogens (tertiary/aromatic N) is 2. The molecule has 1 aromatic carbocycles. The van der Waals surface area contributed by atoms with Crippen molar-refractivity contribution < 1.29 is 19.8 Å². The summed E-state index contributed by atoms with van der Waals surface area (Å²) in [6.07, 6.45) is 3.20. The van der Waals surface area contributed by atoms with E-state index in [1.165, 1.54) is 22.7 Å². The Balaban J connectivity index is 2.00. The van der Waals surface area contributed by atoms with Gasteiger partial charge in [-0.25, -0.2) is 4.79 Å². The van der Waals surface area contributed by atoms with Gasteiger partial charge in [-0.05, 0) is 46.9 Å². The lowest BCUT2D eigenvalue weighted by Gasteiger charge is -2.54. The quantitative estimate of drug-likeness (QED) is 0.558. The van der Waals surface area contributed by atoms with Gasteiger partial charge in [-0.1, -0.05) is 41.5 Å². The number of aromatic hydroxyl groups is 1. The molecule has 0 radical (unpaired) electrons. The second kappa shape index (κ2) is 7.15. The first-order valence-corrected chi connectivity index (χ1v) is 10.9. The second-order valence-electron chi connectivity index (χ2n) is 10.2. The molecule has 7 heteroatoms. The molecular formula is C23H30N2O4S. The van der Waals surface area contributed by atoms with Gasteiger partial charge in [-0.15, -0.1) is 11.8 Å². The third-order valence-corrected chi connectivity index (χ3v) is 6.91. The SMILES string of the molecule is CC(C)(C)c1cc(C=N[C@]2(C)C(=O)N3C(C(=O)O)C=CS[C@H]32)cc(C(C)(C)C)c1O. The highest BCUT2D eigenvalue weighted by Crippen LogP contribution is 2.46. The average Bonchev–Trinajstić information content (AvgIpc) is 2.63. The number of phenolic OH excluding ortho intramolecular Hbond substituents is 1. The van der Waals surface area contributed by atoms with Crippen LogP contribution >= 0.6 is 11.8 Å². The third kappa shape index (κ3) is 3.64. The molecule has 1 unspecified atom stereocenters. The van der Waals surface area contributed by atoms with Crippen LogP contribution in [-0.2, 0) is 20.4 Å². The summed E-state index contributed by atoms with van der Waals surface area (Å²) in [5.41, 5.74) is 0.902. The highest BCUT2D eigenvalue weighted by molar-refractivity contribution is 8.03. The van der Waals surface area contributed by atoms with E-state index in [2.05, 4.69) is 4.99 Å². The smallest absolute Gasteiger partial charge is 0.330 e. The predicted molar refractivity (Wildman–Crippen MR) is 120 cm³/mol. The van der Waals surface area contributed by atoms with Crippen LogP contribution in [0.15, 0.2) is 28.6 Å². The Labute approximate surface area is 182 Å². The average molecular weight is 431 g/mol. The summed E-state index contributed by atoms with van der Waals surface area (Å²) in [6.45, 7) is 14.0. The second-order valence-corrected chi connectivity index (χ2v) is 11.2. The Kier molecular flexibility index (Phi) is 5.34. The minimum Gasteiger partial charge on any atom is -0.507 e. The van der Waals surface area contributed by atoms with Gasteiger partial charge in [0.05, 0.1) is 0 Å². The number of carboxylic acid groups (broad SMARTS) is 1. The third-order valence-electron chi connectivity index (χ3n) is 5.65. The van der Waals surface area contributed by atoms with Crippen LogP contribution in [-0.4, -0.2) is 50.2 Å². The van der Waals surface area contributed by atoms with Crippen LogP contribution in [0.3, 0.4) is 0 Å². The Morgan fingerprint density at radius 3 is 2.17 bits per heavy atom. The van der Waals surface area contributed by atoms with Crippen LogP contribution in [0.25, 0.3) is 0 Å². The van der Waals surface area contributed by atoms with Gasteiger partial charge in [0.25, 0.3) is 5.91 Å². The number of carboxylic acids is 1. The van der Waals surface area contributed by atoms with Crippen molar-refractivity contribution in [2.24, 2.45) is 4.99 Å². The van der Waals surface area contributed by atoms with E-state index in [1.807, 2.05) is 53.7 Å². The normalized spacial score (nSPS) is 26.6. The molecule has 2 N–H and O–H groups in total. The minimum atomic E-state index is -1.04. The lowest BCUT2D eigenvalue weighted by atomic mass is 9.78. The van der Waals surface area contributed by atoms with E-state index in [0.29, 0.717) is 5.75 Å². The van der Waals surface area contributed by atoms with Crippen LogP contribution in [0.2, 0.25) is 0 Å². The number of thioether (sulfide) groups is 1. The Hall–Kier alpha value is -2.28. The number of carbonyl (C=O) groups excluding carboxylic acids is 1. The predicted octanol–water partition coefficient (Wildman–Crippen LogP) is 4.05. The van der Waals surface area contributed by atoms with Crippen LogP contribution in [0.4, 0.5) is 0 Å². The molecule has 2 aliphatic heterocycles. The van der Waals surface area contributed by atoms with E-state index in [-0.39, 0.29) is 22.1 Å². The molecule has 0 spiro atoms. The fourth-order valence-corrected chi connectivity index (χ4v) is 5.01. The van der Waals surface area contributed by atoms with Crippen molar-refractivity contribution in [2.45, 2.75) is 76.3 Å². The maximum Gasteiger partial charge on any atom is 0.330 e. The first kappa shape index (κ1) is 22.4. The molecule has 2 aliphatic rings. The zero-order chi connectivity index (χ0) is 22.6. The molecular weight excluding hydrogens is 400 g/mol. The van der Waals surface area contributed by atoms with Crippen molar-refractivity contribution in [3.05, 3.63) is 40.3 Å². The van der Waals surface area contributed by atoms with Gasteiger partial charge in [0.15, 0.2) is 5.54 Å². The van der Waals surface area contributed by atoms with Gasteiger partial charge in [-0.3, -0.25) is 9.79 Å². The van der Waals surface area contributed by atoms with Crippen molar-refractivity contribution in [3.8, 4) is 5.75 Å². The summed E-state index contributed by atoms with van der Waals surface area (Å²) < 4.78 is 0. The number of carbonyl (C=O) groups is 2. The first-order valence-electron chi connectivity index (χ1n) is 9.99. The molecule has 3 atom stereocenters. The van der Waals surface area contributed by atoms with E-state index in [1.54, 1.807) is 18.5 Å². The summed E-state index contributed by atoms with van der Waals surface area (Å²) in [7, 11) is 0. The standard InChI is InChI=1S/C23H30N2O4S/c1-21(2,3)14-10-13(11-15(17(14)26)22(4,5)6)12-24-23(7)19(29)25-16(18(27)28)8-9-30-20(23)25/h8-12,16,20,26H,1-7H3,(H,27,28)/t16?,20-,23+/m0/s1. The zero-order valence-electron chi connectivity index (χ0n) is 18.6. The van der Waals surface area contributed by atoms with E-state index in [4.69, 9.17) is 0 Å². The number of hydrogen-bond acceptors (Lipinski definition) is 5. The van der Waals surface area contributed by atoms with Gasteiger partial charge in [0, 0.05) is 17.3 Å². The number of benzene rings is 1. The number of fused-ring (bicyclic) bond motifs is 1. The first-order chi connectivity index (χ1) is 13.7. The number of rotatable bonds is 3. The topological polar surface area (TPSA) is 90.2 Å². The van der Waals surface area contributed by atoms with E-state index < -0.39 is 17.6 Å². The molecule has 3 rings (SSSR count). The number of β-lactam (4-membered cyclic amide) rings is 1. The van der Waals surface area contributed by atoms with Crippen LogP contribution in [0.1, 0.15) is 65.2 Å². The summed E-state index contributed by atoms with van der Waals surface area (Å²) in [4.78, 5) is 30.3. The van der Waals surface area contributed by atoms with Gasteiger partial charge in [0.2, 0.25) is 0 Å². The monoisotopic (exact) mass is 430 g/mol. The van der Waals surface area contributed by atoms with Gasteiger partial charge in [0.1, 0.15) is 17.2 Å². The molecule has 0 aromatic heterocycles. The summed E-state index contributed by atoms with van der Waals surface area (Å²) in [5.74, 6) is -1.04. The molecule has 162 valence electrons. The summed E-state index contributed by atoms with van der Waals surface area (Å²) >= 11 is 1.40. The molecule has 2 heterocycles. The molecule has 0 aliphatic carbocycles. The van der Waals surface area contributed by atoms with Crippen molar-refractivity contribution in [1.29, 1.82) is 0 Å². The van der Waals surface area contributed by atoms with E-state index in [9.17, 15) is 19.8 Å². The molecule has 1 aromatic rings. The molecule has 1 fully saturated rings. The Bertz CT molecular complexity index is 920. The van der Waals surface area contributed by atoms with Crippen molar-refractivity contribution >= 4 is 29.9 Å². The lowest BCUT2D eigenvalue weighted by Crippen LogP contribution is -2.74. The Morgan fingerprint density at radius 2 is 1.70 bits per heavy atom. The number of aliphatic carboxylic acids is 1. The molecule has 0 bridgehead atoms. The van der Waals surface area contributed by atoms with Crippen molar-refractivity contribution in [3.63, 3.8) is 0 Å². The maximum absolute atomic E-state index is 12.8. The lowest BCUT2D eigenvalue weighted by molar-refractivity contribution is -0.162. The van der Waals surface area contributed by atoms with Crippen LogP contribution in [0, 0.1) is 0 Å².